The Hall–Kier alpha value is -1.69. The van der Waals surface area contributed by atoms with E-state index in [9.17, 15) is 9.90 Å². The van der Waals surface area contributed by atoms with Crippen LogP contribution in [0.4, 0.5) is 0 Å². The molecule has 5 nitrogen and oxygen atoms in total. The number of H-pyrrole nitrogens is 1. The van der Waals surface area contributed by atoms with Crippen molar-refractivity contribution in [2.24, 2.45) is 0 Å². The van der Waals surface area contributed by atoms with Crippen LogP contribution in [-0.2, 0) is 13.0 Å². The van der Waals surface area contributed by atoms with E-state index in [1.807, 2.05) is 4.57 Å². The number of aryl methyl sites for hydroxylation is 1. The summed E-state index contributed by atoms with van der Waals surface area (Å²) < 4.78 is 2.51. The van der Waals surface area contributed by atoms with Crippen LogP contribution < -0.4 is 0 Å². The monoisotopic (exact) mass is 263 g/mol. The molecule has 0 atom stereocenters. The Morgan fingerprint density at radius 3 is 3.06 bits per heavy atom. The molecule has 18 heavy (non-hydrogen) atoms. The summed E-state index contributed by atoms with van der Waals surface area (Å²) >= 11 is 5.24. The molecule has 2 aromatic rings. The van der Waals surface area contributed by atoms with Crippen molar-refractivity contribution in [3.05, 3.63) is 22.2 Å². The molecule has 3 rings (SSSR count). The van der Waals surface area contributed by atoms with Crippen molar-refractivity contribution in [3.8, 4) is 0 Å². The largest absolute Gasteiger partial charge is 0.478 e. The van der Waals surface area contributed by atoms with E-state index in [1.54, 1.807) is 0 Å². The number of carboxylic acids is 1. The van der Waals surface area contributed by atoms with Crippen LogP contribution in [0.2, 0.25) is 0 Å². The van der Waals surface area contributed by atoms with Crippen LogP contribution in [-0.4, -0.2) is 25.6 Å². The van der Waals surface area contributed by atoms with Crippen LogP contribution in [0.15, 0.2) is 6.33 Å². The van der Waals surface area contributed by atoms with Gasteiger partial charge in [0.2, 0.25) is 0 Å². The summed E-state index contributed by atoms with van der Waals surface area (Å²) in [5, 5.41) is 9.42. The van der Waals surface area contributed by atoms with Crippen molar-refractivity contribution in [2.45, 2.75) is 32.2 Å². The molecule has 94 valence electrons. The molecule has 0 aliphatic carbocycles. The smallest absolute Gasteiger partial charge is 0.339 e. The van der Waals surface area contributed by atoms with Crippen molar-refractivity contribution in [3.63, 3.8) is 0 Å². The molecule has 0 unspecified atom stereocenters. The molecule has 0 saturated heterocycles. The Bertz CT molecular complexity index is 686. The summed E-state index contributed by atoms with van der Waals surface area (Å²) in [7, 11) is 0. The summed E-state index contributed by atoms with van der Waals surface area (Å²) in [6, 6.07) is 0. The summed E-state index contributed by atoms with van der Waals surface area (Å²) in [6.07, 6.45) is 5.46. The standard InChI is InChI=1S/C12H13N3O2S/c16-12(17)8-7-4-2-1-3-5-15(7)10-9(8)13-6-14-11(10)18/h6H,1-5H2,(H,16,17)(H,13,14,18). The molecular formula is C12H13N3O2S. The van der Waals surface area contributed by atoms with E-state index in [4.69, 9.17) is 12.2 Å². The molecular weight excluding hydrogens is 250 g/mol. The number of nitrogens with one attached hydrogen (secondary N) is 1. The van der Waals surface area contributed by atoms with Gasteiger partial charge in [0.25, 0.3) is 0 Å². The Balaban J connectivity index is 2.45. The van der Waals surface area contributed by atoms with Gasteiger partial charge in [0.1, 0.15) is 11.1 Å². The lowest BCUT2D eigenvalue weighted by atomic mass is 10.1. The van der Waals surface area contributed by atoms with E-state index < -0.39 is 5.97 Å². The van der Waals surface area contributed by atoms with Gasteiger partial charge in [-0.3, -0.25) is 0 Å². The molecule has 0 saturated carbocycles. The fourth-order valence-corrected chi connectivity index (χ4v) is 2.99. The maximum Gasteiger partial charge on any atom is 0.339 e. The van der Waals surface area contributed by atoms with Crippen LogP contribution >= 0.6 is 12.2 Å². The first-order valence-electron chi connectivity index (χ1n) is 6.02. The Morgan fingerprint density at radius 2 is 2.28 bits per heavy atom. The molecule has 6 heteroatoms. The Morgan fingerprint density at radius 1 is 1.44 bits per heavy atom. The summed E-state index contributed by atoms with van der Waals surface area (Å²) in [4.78, 5) is 18.5. The number of carboxylic acid groups (broad SMARTS) is 1. The van der Waals surface area contributed by atoms with Crippen molar-refractivity contribution in [1.82, 2.24) is 14.5 Å². The second kappa shape index (κ2) is 4.20. The van der Waals surface area contributed by atoms with Gasteiger partial charge in [-0.15, -0.1) is 0 Å². The maximum absolute atomic E-state index is 11.5. The van der Waals surface area contributed by atoms with Gasteiger partial charge in [-0.05, 0) is 19.3 Å². The predicted octanol–water partition coefficient (Wildman–Crippen LogP) is 2.52. The SMILES string of the molecule is O=C(O)c1c2n(c3c(=S)nc[nH]c13)CCCCC2. The highest BCUT2D eigenvalue weighted by molar-refractivity contribution is 7.71. The van der Waals surface area contributed by atoms with Gasteiger partial charge in [0, 0.05) is 12.2 Å². The minimum absolute atomic E-state index is 0.361. The first kappa shape index (κ1) is 11.4. The molecule has 1 aliphatic rings. The van der Waals surface area contributed by atoms with E-state index in [0.717, 1.165) is 43.4 Å². The molecule has 0 aromatic carbocycles. The van der Waals surface area contributed by atoms with Crippen molar-refractivity contribution in [1.29, 1.82) is 0 Å². The van der Waals surface area contributed by atoms with Gasteiger partial charge in [0.05, 0.1) is 11.8 Å². The van der Waals surface area contributed by atoms with Crippen LogP contribution in [0.3, 0.4) is 0 Å². The number of fused-ring (bicyclic) bond motifs is 3. The first-order valence-corrected chi connectivity index (χ1v) is 6.43. The number of carbonyl (C=O) groups is 1. The lowest BCUT2D eigenvalue weighted by Gasteiger charge is -2.05. The summed E-state index contributed by atoms with van der Waals surface area (Å²) in [5.74, 6) is -0.896. The Labute approximate surface area is 108 Å². The third-order valence-corrected chi connectivity index (χ3v) is 3.77. The molecule has 3 heterocycles. The summed E-state index contributed by atoms with van der Waals surface area (Å²) in [6.45, 7) is 0.822. The number of hydrogen-bond donors (Lipinski definition) is 2. The number of aromatic nitrogens is 3. The van der Waals surface area contributed by atoms with E-state index in [-0.39, 0.29) is 0 Å². The highest BCUT2D eigenvalue weighted by Crippen LogP contribution is 2.29. The minimum atomic E-state index is -0.896. The van der Waals surface area contributed by atoms with Crippen LogP contribution in [0, 0.1) is 4.64 Å². The third kappa shape index (κ3) is 1.56. The average molecular weight is 263 g/mol. The average Bonchev–Trinajstić information content (AvgIpc) is 2.49. The highest BCUT2D eigenvalue weighted by Gasteiger charge is 2.24. The van der Waals surface area contributed by atoms with Gasteiger partial charge >= 0.3 is 5.97 Å². The molecule has 0 radical (unpaired) electrons. The predicted molar refractivity (Wildman–Crippen MR) is 69.4 cm³/mol. The van der Waals surface area contributed by atoms with Gasteiger partial charge in [-0.2, -0.15) is 0 Å². The van der Waals surface area contributed by atoms with Crippen molar-refractivity contribution < 1.29 is 9.90 Å². The number of rotatable bonds is 1. The zero-order valence-corrected chi connectivity index (χ0v) is 10.6. The fraction of sp³-hybridized carbons (Fsp3) is 0.417. The number of aromatic carboxylic acids is 1. The van der Waals surface area contributed by atoms with Crippen molar-refractivity contribution in [2.75, 3.05) is 0 Å². The molecule has 0 fully saturated rings. The minimum Gasteiger partial charge on any atom is -0.478 e. The first-order chi connectivity index (χ1) is 8.70. The summed E-state index contributed by atoms with van der Waals surface area (Å²) in [5.41, 5.74) is 2.62. The van der Waals surface area contributed by atoms with Crippen LogP contribution in [0.1, 0.15) is 35.3 Å². The van der Waals surface area contributed by atoms with Crippen LogP contribution in [0.25, 0.3) is 11.0 Å². The van der Waals surface area contributed by atoms with E-state index >= 15 is 0 Å². The molecule has 1 aliphatic heterocycles. The van der Waals surface area contributed by atoms with Gasteiger partial charge in [-0.1, -0.05) is 18.6 Å². The van der Waals surface area contributed by atoms with E-state index in [1.165, 1.54) is 6.33 Å². The zero-order chi connectivity index (χ0) is 12.7. The second-order valence-corrected chi connectivity index (χ2v) is 4.91. The number of nitrogens with zero attached hydrogens (tertiary/aromatic N) is 2. The topological polar surface area (TPSA) is 70.9 Å². The van der Waals surface area contributed by atoms with E-state index in [0.29, 0.717) is 15.7 Å². The molecule has 2 N–H and O–H groups in total. The van der Waals surface area contributed by atoms with E-state index in [2.05, 4.69) is 9.97 Å². The maximum atomic E-state index is 11.5. The number of hydrogen-bond acceptors (Lipinski definition) is 3. The van der Waals surface area contributed by atoms with Crippen molar-refractivity contribution >= 4 is 29.2 Å². The quantitative estimate of drug-likeness (QED) is 0.775. The van der Waals surface area contributed by atoms with Gasteiger partial charge in [0.15, 0.2) is 4.64 Å². The molecule has 0 spiro atoms. The molecule has 0 amide bonds. The zero-order valence-electron chi connectivity index (χ0n) is 9.77. The molecule has 0 bridgehead atoms. The Kier molecular flexibility index (Phi) is 2.66. The van der Waals surface area contributed by atoms with Gasteiger partial charge in [-0.25, -0.2) is 9.78 Å². The second-order valence-electron chi connectivity index (χ2n) is 4.52. The fourth-order valence-electron chi connectivity index (χ4n) is 2.72. The van der Waals surface area contributed by atoms with Gasteiger partial charge < -0.3 is 14.7 Å². The molecule has 2 aromatic heterocycles. The third-order valence-electron chi connectivity index (χ3n) is 3.47. The lowest BCUT2D eigenvalue weighted by molar-refractivity contribution is 0.0697. The lowest BCUT2D eigenvalue weighted by Crippen LogP contribution is -2.05. The number of aromatic amines is 1. The highest BCUT2D eigenvalue weighted by atomic mass is 32.1. The van der Waals surface area contributed by atoms with Crippen LogP contribution in [0.5, 0.6) is 0 Å². The normalized spacial score (nSPS) is 15.3.